The molecule has 0 unspecified atom stereocenters. The molecule has 0 spiro atoms. The molecule has 30 heavy (non-hydrogen) atoms. The molecule has 2 heterocycles. The van der Waals surface area contributed by atoms with Crippen LogP contribution in [0.1, 0.15) is 18.1 Å². The molecular formula is C20H23N4O5P. The lowest BCUT2D eigenvalue weighted by molar-refractivity contribution is -0.385. The van der Waals surface area contributed by atoms with Crippen LogP contribution in [0.5, 0.6) is 11.5 Å². The maximum Gasteiger partial charge on any atom is 0.346 e. The van der Waals surface area contributed by atoms with E-state index in [0.29, 0.717) is 11.3 Å². The summed E-state index contributed by atoms with van der Waals surface area (Å²) < 4.78 is 28.3. The molecule has 0 amide bonds. The van der Waals surface area contributed by atoms with Crippen molar-refractivity contribution in [1.29, 1.82) is 0 Å². The van der Waals surface area contributed by atoms with Gasteiger partial charge in [-0.3, -0.25) is 19.7 Å². The number of ether oxygens (including phenoxy) is 1. The van der Waals surface area contributed by atoms with Gasteiger partial charge in [0.1, 0.15) is 5.75 Å². The first kappa shape index (κ1) is 20.7. The molecule has 2 aliphatic rings. The highest BCUT2D eigenvalue weighted by Gasteiger charge is 2.49. The average Bonchev–Trinajstić information content (AvgIpc) is 3.60. The van der Waals surface area contributed by atoms with Crippen LogP contribution in [0.25, 0.3) is 0 Å². The summed E-state index contributed by atoms with van der Waals surface area (Å²) in [5, 5.41) is 11.5. The van der Waals surface area contributed by atoms with Gasteiger partial charge in [0.25, 0.3) is 0 Å². The first-order chi connectivity index (χ1) is 14.4. The Kier molecular flexibility index (Phi) is 5.71. The van der Waals surface area contributed by atoms with E-state index in [2.05, 4.69) is 4.99 Å². The highest BCUT2D eigenvalue weighted by molar-refractivity contribution is 7.54. The van der Waals surface area contributed by atoms with Crippen LogP contribution in [0.15, 0.2) is 41.4 Å². The number of nitro groups is 1. The molecule has 0 aromatic heterocycles. The number of rotatable bonds is 9. The van der Waals surface area contributed by atoms with Crippen molar-refractivity contribution in [2.45, 2.75) is 20.5 Å². The zero-order valence-electron chi connectivity index (χ0n) is 16.9. The van der Waals surface area contributed by atoms with Crippen molar-refractivity contribution >= 4 is 25.3 Å². The fraction of sp³-hybridized carbons (Fsp3) is 0.350. The quantitative estimate of drug-likeness (QED) is 0.187. The summed E-state index contributed by atoms with van der Waals surface area (Å²) in [5.74, 6) is 0.586. The smallest absolute Gasteiger partial charge is 0.346 e. The maximum absolute atomic E-state index is 13.1. The Bertz CT molecular complexity index is 1030. The summed E-state index contributed by atoms with van der Waals surface area (Å²) in [5.41, 5.74) is 2.21. The number of benzene rings is 2. The highest BCUT2D eigenvalue weighted by atomic mass is 31.2. The van der Waals surface area contributed by atoms with E-state index in [1.54, 1.807) is 36.5 Å². The predicted octanol–water partition coefficient (Wildman–Crippen LogP) is 4.67. The Balaban J connectivity index is 1.55. The van der Waals surface area contributed by atoms with Gasteiger partial charge in [-0.2, -0.15) is 0 Å². The Morgan fingerprint density at radius 3 is 2.43 bits per heavy atom. The van der Waals surface area contributed by atoms with Crippen LogP contribution >= 0.6 is 7.67 Å². The molecule has 0 radical (unpaired) electrons. The summed E-state index contributed by atoms with van der Waals surface area (Å²) in [6.45, 7) is 6.87. The molecule has 2 fully saturated rings. The second-order valence-corrected chi connectivity index (χ2v) is 9.54. The molecule has 0 bridgehead atoms. The van der Waals surface area contributed by atoms with Crippen molar-refractivity contribution in [1.82, 2.24) is 9.34 Å². The van der Waals surface area contributed by atoms with Gasteiger partial charge in [-0.05, 0) is 55.3 Å². The highest BCUT2D eigenvalue weighted by Crippen LogP contribution is 2.61. The normalized spacial score (nSPS) is 16.7. The second-order valence-electron chi connectivity index (χ2n) is 7.17. The largest absolute Gasteiger partial charge is 0.450 e. The minimum atomic E-state index is -2.96. The molecule has 2 saturated heterocycles. The molecule has 10 heteroatoms. The van der Waals surface area contributed by atoms with E-state index in [1.807, 2.05) is 23.2 Å². The lowest BCUT2D eigenvalue weighted by atomic mass is 10.2. The standard InChI is InChI=1S/C20H23N4O5P/c1-3-21-18-6-5-17(12-15(18)2)29-20-13-16(4-7-19(20)24(25)26)14-28-30(27,22-8-9-22)23-10-11-23/h3-7,12-13H,8-11,14H2,1-2H3/b21-3-. The van der Waals surface area contributed by atoms with Crippen molar-refractivity contribution in [3.05, 3.63) is 57.6 Å². The van der Waals surface area contributed by atoms with Crippen LogP contribution < -0.4 is 4.74 Å². The monoisotopic (exact) mass is 430 g/mol. The lowest BCUT2D eigenvalue weighted by Crippen LogP contribution is -2.08. The number of aryl methyl sites for hydroxylation is 1. The molecule has 4 rings (SSSR count). The Morgan fingerprint density at radius 1 is 1.17 bits per heavy atom. The van der Waals surface area contributed by atoms with Crippen molar-refractivity contribution < 1.29 is 18.7 Å². The van der Waals surface area contributed by atoms with Gasteiger partial charge in [0.05, 0.1) is 17.2 Å². The lowest BCUT2D eigenvalue weighted by Gasteiger charge is -2.19. The fourth-order valence-corrected chi connectivity index (χ4v) is 5.27. The predicted molar refractivity (Wildman–Crippen MR) is 114 cm³/mol. The Hall–Kier alpha value is -2.58. The Morgan fingerprint density at radius 2 is 1.87 bits per heavy atom. The molecular weight excluding hydrogens is 407 g/mol. The molecule has 2 aliphatic heterocycles. The van der Waals surface area contributed by atoms with Gasteiger partial charge in [0.2, 0.25) is 5.75 Å². The summed E-state index contributed by atoms with van der Waals surface area (Å²) in [6.07, 6.45) is 1.70. The van der Waals surface area contributed by atoms with Gasteiger partial charge in [0.15, 0.2) is 0 Å². The van der Waals surface area contributed by atoms with E-state index < -0.39 is 12.6 Å². The Labute approximate surface area is 174 Å². The SMILES string of the molecule is C/C=N\c1ccc(Oc2cc(COP(=O)(N3CC3)N3CC3)ccc2[N+](=O)[O-])cc1C. The average molecular weight is 430 g/mol. The molecule has 2 aromatic carbocycles. The molecule has 158 valence electrons. The third-order valence-electron chi connectivity index (χ3n) is 4.85. The van der Waals surface area contributed by atoms with E-state index in [9.17, 15) is 14.7 Å². The summed E-state index contributed by atoms with van der Waals surface area (Å²) in [6, 6.07) is 9.86. The van der Waals surface area contributed by atoms with Crippen LogP contribution in [0.4, 0.5) is 11.4 Å². The number of aliphatic imine (C=N–C) groups is 1. The number of nitro benzene ring substituents is 1. The molecule has 0 saturated carbocycles. The van der Waals surface area contributed by atoms with Crippen molar-refractivity contribution in [3.63, 3.8) is 0 Å². The van der Waals surface area contributed by atoms with E-state index in [4.69, 9.17) is 9.26 Å². The van der Waals surface area contributed by atoms with Crippen LogP contribution in [-0.4, -0.2) is 46.7 Å². The van der Waals surface area contributed by atoms with Crippen LogP contribution in [0, 0.1) is 17.0 Å². The number of nitrogens with zero attached hydrogens (tertiary/aromatic N) is 4. The van der Waals surface area contributed by atoms with Crippen molar-refractivity contribution in [2.24, 2.45) is 4.99 Å². The zero-order valence-corrected chi connectivity index (χ0v) is 17.7. The fourth-order valence-electron chi connectivity index (χ4n) is 3.08. The van der Waals surface area contributed by atoms with Crippen LogP contribution in [0.3, 0.4) is 0 Å². The van der Waals surface area contributed by atoms with Gasteiger partial charge < -0.3 is 9.26 Å². The van der Waals surface area contributed by atoms with Crippen molar-refractivity contribution in [3.8, 4) is 11.5 Å². The van der Waals surface area contributed by atoms with Gasteiger partial charge in [-0.25, -0.2) is 9.34 Å². The summed E-state index contributed by atoms with van der Waals surface area (Å²) in [7, 11) is -2.96. The van der Waals surface area contributed by atoms with E-state index >= 15 is 0 Å². The third kappa shape index (κ3) is 4.44. The van der Waals surface area contributed by atoms with Crippen LogP contribution in [0.2, 0.25) is 0 Å². The second kappa shape index (κ2) is 8.28. The summed E-state index contributed by atoms with van der Waals surface area (Å²) in [4.78, 5) is 15.2. The maximum atomic E-state index is 13.1. The number of hydrogen-bond acceptors (Lipinski definition) is 6. The first-order valence-electron chi connectivity index (χ1n) is 9.70. The first-order valence-corrected chi connectivity index (χ1v) is 11.2. The van der Waals surface area contributed by atoms with Crippen molar-refractivity contribution in [2.75, 3.05) is 26.2 Å². The van der Waals surface area contributed by atoms with Crippen LogP contribution in [-0.2, 0) is 15.7 Å². The molecule has 0 atom stereocenters. The number of hydrogen-bond donors (Lipinski definition) is 0. The zero-order chi connectivity index (χ0) is 21.3. The minimum Gasteiger partial charge on any atom is -0.450 e. The minimum absolute atomic E-state index is 0.0851. The van der Waals surface area contributed by atoms with E-state index in [0.717, 1.165) is 37.4 Å². The third-order valence-corrected chi connectivity index (χ3v) is 7.54. The van der Waals surface area contributed by atoms with Gasteiger partial charge >= 0.3 is 13.4 Å². The van der Waals surface area contributed by atoms with E-state index in [-0.39, 0.29) is 18.0 Å². The van der Waals surface area contributed by atoms with Gasteiger partial charge in [-0.1, -0.05) is 0 Å². The van der Waals surface area contributed by atoms with Gasteiger partial charge in [-0.15, -0.1) is 0 Å². The molecule has 2 aromatic rings. The van der Waals surface area contributed by atoms with Gasteiger partial charge in [0, 0.05) is 38.5 Å². The topological polar surface area (TPSA) is 97.0 Å². The summed E-state index contributed by atoms with van der Waals surface area (Å²) >= 11 is 0. The molecule has 0 aliphatic carbocycles. The van der Waals surface area contributed by atoms with E-state index in [1.165, 1.54) is 6.07 Å². The molecule has 0 N–H and O–H groups in total. The molecule has 9 nitrogen and oxygen atoms in total.